The molecular weight excluding hydrogens is 252 g/mol. The van der Waals surface area contributed by atoms with Crippen LogP contribution in [0.3, 0.4) is 0 Å². The maximum absolute atomic E-state index is 10.9. The van der Waals surface area contributed by atoms with Gasteiger partial charge < -0.3 is 10.4 Å². The molecule has 0 amide bonds. The van der Waals surface area contributed by atoms with Crippen LogP contribution < -0.4 is 5.23 Å². The van der Waals surface area contributed by atoms with E-state index in [4.69, 9.17) is 5.21 Å². The average Bonchev–Trinajstić information content (AvgIpc) is 2.46. The topological polar surface area (TPSA) is 70.3 Å². The lowest BCUT2D eigenvalue weighted by Gasteiger charge is -2.22. The summed E-state index contributed by atoms with van der Waals surface area (Å²) in [5.41, 5.74) is 2.93. The van der Waals surface area contributed by atoms with Crippen molar-refractivity contribution in [1.29, 1.82) is 5.26 Å². The Morgan fingerprint density at radius 1 is 1.25 bits per heavy atom. The van der Waals surface area contributed by atoms with Crippen molar-refractivity contribution < 1.29 is 5.21 Å². The number of nitriles is 1. The molecule has 0 unspecified atom stereocenters. The van der Waals surface area contributed by atoms with Crippen LogP contribution in [0.2, 0.25) is 0 Å². The number of hydrogen-bond donors (Lipinski definition) is 1. The maximum Gasteiger partial charge on any atom is 0.0998 e. The van der Waals surface area contributed by atoms with Crippen LogP contribution in [-0.2, 0) is 0 Å². The molecule has 0 aromatic heterocycles. The normalized spacial score (nSPS) is 11.0. The van der Waals surface area contributed by atoms with Gasteiger partial charge in [0.15, 0.2) is 0 Å². The summed E-state index contributed by atoms with van der Waals surface area (Å²) in [5.74, 6) is 0. The Morgan fingerprint density at radius 2 is 1.95 bits per heavy atom. The Kier molecular flexibility index (Phi) is 4.16. The van der Waals surface area contributed by atoms with Crippen LogP contribution in [-0.4, -0.2) is 5.21 Å². The van der Waals surface area contributed by atoms with Crippen molar-refractivity contribution in [1.82, 2.24) is 0 Å². The Labute approximate surface area is 117 Å². The molecule has 2 rings (SSSR count). The van der Waals surface area contributed by atoms with E-state index in [-0.39, 0.29) is 10.9 Å². The van der Waals surface area contributed by atoms with Gasteiger partial charge in [0.25, 0.3) is 0 Å². The molecule has 0 aliphatic carbocycles. The SMILES string of the molecule is Cc1ccc(N([O-])O)cc1C(C#N)=Cc1ccccc1. The molecule has 0 aliphatic rings. The standard InChI is InChI=1S/C16H13N2O2/c1-12-7-8-15(18(19)20)10-16(12)14(11-17)9-13-5-3-2-4-6-13/h2-10,19H,1H3/q-1. The first-order valence-corrected chi connectivity index (χ1v) is 6.06. The number of hydrogen-bond acceptors (Lipinski definition) is 4. The van der Waals surface area contributed by atoms with E-state index < -0.39 is 0 Å². The fourth-order valence-electron chi connectivity index (χ4n) is 1.91. The first kappa shape index (κ1) is 13.8. The van der Waals surface area contributed by atoms with Gasteiger partial charge in [-0.15, -0.1) is 0 Å². The summed E-state index contributed by atoms with van der Waals surface area (Å²) in [6, 6.07) is 16.3. The first-order chi connectivity index (χ1) is 9.61. The molecule has 20 heavy (non-hydrogen) atoms. The van der Waals surface area contributed by atoms with Gasteiger partial charge in [-0.25, -0.2) is 0 Å². The lowest BCUT2D eigenvalue weighted by atomic mass is 9.98. The third-order valence-electron chi connectivity index (χ3n) is 2.96. The molecule has 4 nitrogen and oxygen atoms in total. The van der Waals surface area contributed by atoms with E-state index in [2.05, 4.69) is 6.07 Å². The molecule has 0 aliphatic heterocycles. The minimum absolute atomic E-state index is 0.0970. The second kappa shape index (κ2) is 6.02. The van der Waals surface area contributed by atoms with Crippen LogP contribution >= 0.6 is 0 Å². The lowest BCUT2D eigenvalue weighted by molar-refractivity contribution is 0.296. The summed E-state index contributed by atoms with van der Waals surface area (Å²) in [4.78, 5) is 0. The average molecular weight is 265 g/mol. The van der Waals surface area contributed by atoms with Crippen molar-refractivity contribution in [3.8, 4) is 6.07 Å². The zero-order chi connectivity index (χ0) is 14.5. The molecule has 0 saturated carbocycles. The molecule has 0 spiro atoms. The highest BCUT2D eigenvalue weighted by molar-refractivity contribution is 5.91. The Hall–Kier alpha value is -2.61. The monoisotopic (exact) mass is 265 g/mol. The Bertz CT molecular complexity index is 671. The minimum Gasteiger partial charge on any atom is -0.733 e. The number of rotatable bonds is 3. The summed E-state index contributed by atoms with van der Waals surface area (Å²) < 4.78 is 0. The van der Waals surface area contributed by atoms with Crippen LogP contribution in [0, 0.1) is 23.5 Å². The van der Waals surface area contributed by atoms with Gasteiger partial charge >= 0.3 is 0 Å². The number of nitrogens with zero attached hydrogens (tertiary/aromatic N) is 2. The third kappa shape index (κ3) is 3.04. The fourth-order valence-corrected chi connectivity index (χ4v) is 1.91. The number of anilines is 1. The largest absolute Gasteiger partial charge is 0.733 e. The van der Waals surface area contributed by atoms with Gasteiger partial charge in [0.05, 0.1) is 17.3 Å². The van der Waals surface area contributed by atoms with Crippen LogP contribution in [0.4, 0.5) is 5.69 Å². The van der Waals surface area contributed by atoms with Crippen molar-refractivity contribution in [2.24, 2.45) is 0 Å². The predicted octanol–water partition coefficient (Wildman–Crippen LogP) is 3.75. The smallest absolute Gasteiger partial charge is 0.0998 e. The highest BCUT2D eigenvalue weighted by Crippen LogP contribution is 2.25. The van der Waals surface area contributed by atoms with Gasteiger partial charge in [-0.2, -0.15) is 5.26 Å². The molecule has 1 N–H and O–H groups in total. The van der Waals surface area contributed by atoms with E-state index in [0.29, 0.717) is 11.1 Å². The molecule has 0 saturated heterocycles. The number of allylic oxidation sites excluding steroid dienone is 1. The molecule has 2 aromatic rings. The lowest BCUT2D eigenvalue weighted by Crippen LogP contribution is -2.07. The van der Waals surface area contributed by atoms with Crippen molar-refractivity contribution >= 4 is 17.3 Å². The van der Waals surface area contributed by atoms with Gasteiger partial charge in [0.2, 0.25) is 0 Å². The summed E-state index contributed by atoms with van der Waals surface area (Å²) in [5, 5.41) is 29.0. The zero-order valence-electron chi connectivity index (χ0n) is 10.9. The zero-order valence-corrected chi connectivity index (χ0v) is 10.9. The molecule has 0 radical (unpaired) electrons. The molecule has 0 fully saturated rings. The van der Waals surface area contributed by atoms with Crippen molar-refractivity contribution in [2.75, 3.05) is 5.23 Å². The van der Waals surface area contributed by atoms with Crippen molar-refractivity contribution in [3.05, 3.63) is 70.4 Å². The highest BCUT2D eigenvalue weighted by Gasteiger charge is 2.07. The second-order valence-corrected chi connectivity index (χ2v) is 4.35. The summed E-state index contributed by atoms with van der Waals surface area (Å²) in [7, 11) is 0. The third-order valence-corrected chi connectivity index (χ3v) is 2.96. The number of benzene rings is 2. The van der Waals surface area contributed by atoms with Crippen LogP contribution in [0.5, 0.6) is 0 Å². The summed E-state index contributed by atoms with van der Waals surface area (Å²) in [6.07, 6.45) is 1.75. The molecular formula is C16H13N2O2-. The quantitative estimate of drug-likeness (QED) is 0.521. The molecule has 0 bridgehead atoms. The van der Waals surface area contributed by atoms with E-state index in [1.165, 1.54) is 12.1 Å². The minimum atomic E-state index is -0.208. The van der Waals surface area contributed by atoms with Gasteiger partial charge in [0, 0.05) is 0 Å². The Morgan fingerprint density at radius 3 is 2.55 bits per heavy atom. The summed E-state index contributed by atoms with van der Waals surface area (Å²) >= 11 is 0. The maximum atomic E-state index is 10.9. The molecule has 0 atom stereocenters. The van der Waals surface area contributed by atoms with Gasteiger partial charge in [-0.1, -0.05) is 36.4 Å². The first-order valence-electron chi connectivity index (χ1n) is 6.06. The van der Waals surface area contributed by atoms with E-state index >= 15 is 0 Å². The van der Waals surface area contributed by atoms with Crippen LogP contribution in [0.25, 0.3) is 11.6 Å². The van der Waals surface area contributed by atoms with Gasteiger partial charge in [-0.3, -0.25) is 5.21 Å². The van der Waals surface area contributed by atoms with Crippen LogP contribution in [0.15, 0.2) is 48.5 Å². The van der Waals surface area contributed by atoms with Crippen LogP contribution in [0.1, 0.15) is 16.7 Å². The van der Waals surface area contributed by atoms with E-state index in [1.807, 2.05) is 37.3 Å². The molecule has 0 heterocycles. The second-order valence-electron chi connectivity index (χ2n) is 4.35. The Balaban J connectivity index is 2.50. The number of aryl methyl sites for hydroxylation is 1. The van der Waals surface area contributed by atoms with E-state index in [9.17, 15) is 10.5 Å². The molecule has 2 aromatic carbocycles. The van der Waals surface area contributed by atoms with E-state index in [0.717, 1.165) is 11.1 Å². The molecule has 100 valence electrons. The van der Waals surface area contributed by atoms with E-state index in [1.54, 1.807) is 12.1 Å². The fraction of sp³-hybridized carbons (Fsp3) is 0.0625. The van der Waals surface area contributed by atoms with Gasteiger partial charge in [-0.05, 0) is 41.8 Å². The van der Waals surface area contributed by atoms with Crippen molar-refractivity contribution in [3.63, 3.8) is 0 Å². The predicted molar refractivity (Wildman–Crippen MR) is 78.7 cm³/mol. The highest BCUT2D eigenvalue weighted by atomic mass is 16.8. The van der Waals surface area contributed by atoms with Gasteiger partial charge in [0.1, 0.15) is 0 Å². The molecule has 4 heteroatoms. The summed E-state index contributed by atoms with van der Waals surface area (Å²) in [6.45, 7) is 1.85. The van der Waals surface area contributed by atoms with Crippen molar-refractivity contribution in [2.45, 2.75) is 6.92 Å².